The van der Waals surface area contributed by atoms with Crippen molar-refractivity contribution in [1.29, 1.82) is 0 Å². The van der Waals surface area contributed by atoms with E-state index in [1.807, 2.05) is 0 Å². The molecule has 0 heterocycles. The number of carbonyl (C=O) groups excluding carboxylic acids is 1. The Bertz CT molecular complexity index is 428. The summed E-state index contributed by atoms with van der Waals surface area (Å²) in [4.78, 5) is 12.0. The van der Waals surface area contributed by atoms with Crippen molar-refractivity contribution in [2.24, 2.45) is 0 Å². The van der Waals surface area contributed by atoms with Gasteiger partial charge >= 0.3 is 0 Å². The summed E-state index contributed by atoms with van der Waals surface area (Å²) in [7, 11) is 0. The molecular weight excluding hydrogens is 297 g/mol. The van der Waals surface area contributed by atoms with Gasteiger partial charge in [-0.1, -0.05) is 25.7 Å². The monoisotopic (exact) mass is 313 g/mol. The largest absolute Gasteiger partial charge is 0.349 e. The van der Waals surface area contributed by atoms with E-state index in [1.165, 1.54) is 43.9 Å². The highest BCUT2D eigenvalue weighted by Crippen LogP contribution is 2.19. The SMILES string of the molecule is O=C(NC1CCCCCC1)c1ccc(F)c(Br)c1. The lowest BCUT2D eigenvalue weighted by atomic mass is 10.1. The fourth-order valence-electron chi connectivity index (χ4n) is 2.33. The second-order valence-corrected chi connectivity index (χ2v) is 5.65. The van der Waals surface area contributed by atoms with Crippen LogP contribution in [0.4, 0.5) is 4.39 Å². The Morgan fingerprint density at radius 1 is 1.22 bits per heavy atom. The summed E-state index contributed by atoms with van der Waals surface area (Å²) in [6.07, 6.45) is 6.97. The zero-order valence-corrected chi connectivity index (χ0v) is 11.8. The maximum Gasteiger partial charge on any atom is 0.251 e. The molecule has 0 unspecified atom stereocenters. The Kier molecular flexibility index (Phi) is 4.75. The molecule has 98 valence electrons. The molecular formula is C14H17BrFNO. The molecule has 18 heavy (non-hydrogen) atoms. The zero-order chi connectivity index (χ0) is 13.0. The lowest BCUT2D eigenvalue weighted by Gasteiger charge is -2.16. The fraction of sp³-hybridized carbons (Fsp3) is 0.500. The van der Waals surface area contributed by atoms with Crippen molar-refractivity contribution in [3.63, 3.8) is 0 Å². The first kappa shape index (κ1) is 13.5. The Morgan fingerprint density at radius 3 is 2.50 bits per heavy atom. The smallest absolute Gasteiger partial charge is 0.251 e. The fourth-order valence-corrected chi connectivity index (χ4v) is 2.71. The minimum absolute atomic E-state index is 0.109. The third-order valence-electron chi connectivity index (χ3n) is 3.37. The minimum atomic E-state index is -0.346. The summed E-state index contributed by atoms with van der Waals surface area (Å²) in [5.74, 6) is -0.455. The van der Waals surface area contributed by atoms with E-state index >= 15 is 0 Å². The normalized spacial score (nSPS) is 17.2. The Balaban J connectivity index is 1.99. The summed E-state index contributed by atoms with van der Waals surface area (Å²) < 4.78 is 13.4. The first-order valence-corrected chi connectivity index (χ1v) is 7.22. The molecule has 0 aliphatic heterocycles. The van der Waals surface area contributed by atoms with Crippen LogP contribution in [-0.4, -0.2) is 11.9 Å². The highest BCUT2D eigenvalue weighted by Gasteiger charge is 2.16. The highest BCUT2D eigenvalue weighted by molar-refractivity contribution is 9.10. The molecule has 1 aliphatic rings. The van der Waals surface area contributed by atoms with Crippen LogP contribution in [-0.2, 0) is 0 Å². The van der Waals surface area contributed by atoms with Crippen molar-refractivity contribution in [2.45, 2.75) is 44.6 Å². The maximum absolute atomic E-state index is 13.1. The summed E-state index contributed by atoms with van der Waals surface area (Å²) in [5.41, 5.74) is 0.507. The van der Waals surface area contributed by atoms with Crippen LogP contribution >= 0.6 is 15.9 Å². The molecule has 1 amide bonds. The standard InChI is InChI=1S/C14H17BrFNO/c15-12-9-10(7-8-13(12)16)14(18)17-11-5-3-1-2-4-6-11/h7-9,11H,1-6H2,(H,17,18). The van der Waals surface area contributed by atoms with Crippen LogP contribution < -0.4 is 5.32 Å². The molecule has 2 nitrogen and oxygen atoms in total. The van der Waals surface area contributed by atoms with E-state index in [9.17, 15) is 9.18 Å². The van der Waals surface area contributed by atoms with Crippen molar-refractivity contribution < 1.29 is 9.18 Å². The number of halogens is 2. The van der Waals surface area contributed by atoms with Crippen molar-refractivity contribution in [3.05, 3.63) is 34.1 Å². The molecule has 0 atom stereocenters. The van der Waals surface area contributed by atoms with Crippen LogP contribution in [0.3, 0.4) is 0 Å². The quantitative estimate of drug-likeness (QED) is 0.820. The van der Waals surface area contributed by atoms with Crippen LogP contribution in [0.1, 0.15) is 48.9 Å². The number of carbonyl (C=O) groups is 1. The molecule has 1 N–H and O–H groups in total. The number of benzene rings is 1. The van der Waals surface area contributed by atoms with Crippen molar-refractivity contribution in [2.75, 3.05) is 0 Å². The lowest BCUT2D eigenvalue weighted by Crippen LogP contribution is -2.34. The van der Waals surface area contributed by atoms with Crippen LogP contribution in [0.25, 0.3) is 0 Å². The van der Waals surface area contributed by atoms with Gasteiger partial charge in [0.25, 0.3) is 5.91 Å². The van der Waals surface area contributed by atoms with Gasteiger partial charge in [0.2, 0.25) is 0 Å². The Hall–Kier alpha value is -0.900. The van der Waals surface area contributed by atoms with Crippen LogP contribution in [0, 0.1) is 5.82 Å². The summed E-state index contributed by atoms with van der Waals surface area (Å²) in [6, 6.07) is 4.63. The number of hydrogen-bond donors (Lipinski definition) is 1. The van der Waals surface area contributed by atoms with Gasteiger partial charge in [0.05, 0.1) is 4.47 Å². The van der Waals surface area contributed by atoms with Gasteiger partial charge < -0.3 is 5.32 Å². The van der Waals surface area contributed by atoms with Gasteiger partial charge in [-0.15, -0.1) is 0 Å². The van der Waals surface area contributed by atoms with Gasteiger partial charge in [-0.25, -0.2) is 4.39 Å². The molecule has 1 fully saturated rings. The van der Waals surface area contributed by atoms with Gasteiger partial charge in [-0.2, -0.15) is 0 Å². The second kappa shape index (κ2) is 6.32. The Morgan fingerprint density at radius 2 is 1.89 bits per heavy atom. The average Bonchev–Trinajstić information content (AvgIpc) is 2.61. The number of nitrogens with one attached hydrogen (secondary N) is 1. The number of amides is 1. The first-order chi connectivity index (χ1) is 8.66. The van der Waals surface area contributed by atoms with Gasteiger partial charge in [0.15, 0.2) is 0 Å². The van der Waals surface area contributed by atoms with E-state index < -0.39 is 0 Å². The average molecular weight is 314 g/mol. The molecule has 0 spiro atoms. The summed E-state index contributed by atoms with van der Waals surface area (Å²) in [6.45, 7) is 0. The van der Waals surface area contributed by atoms with E-state index in [1.54, 1.807) is 0 Å². The van der Waals surface area contributed by atoms with Crippen molar-refractivity contribution in [1.82, 2.24) is 5.32 Å². The number of hydrogen-bond acceptors (Lipinski definition) is 1. The van der Waals surface area contributed by atoms with Gasteiger partial charge in [-0.3, -0.25) is 4.79 Å². The molecule has 1 saturated carbocycles. The second-order valence-electron chi connectivity index (χ2n) is 4.79. The third-order valence-corrected chi connectivity index (χ3v) is 3.98. The molecule has 0 radical (unpaired) electrons. The third kappa shape index (κ3) is 3.55. The van der Waals surface area contributed by atoms with E-state index in [4.69, 9.17) is 0 Å². The molecule has 0 aromatic heterocycles. The van der Waals surface area contributed by atoms with Crippen molar-refractivity contribution >= 4 is 21.8 Å². The van der Waals surface area contributed by atoms with Gasteiger partial charge in [0, 0.05) is 11.6 Å². The predicted molar refractivity (Wildman–Crippen MR) is 73.1 cm³/mol. The van der Waals surface area contributed by atoms with Crippen LogP contribution in [0.5, 0.6) is 0 Å². The molecule has 2 rings (SSSR count). The molecule has 4 heteroatoms. The minimum Gasteiger partial charge on any atom is -0.349 e. The lowest BCUT2D eigenvalue weighted by molar-refractivity contribution is 0.0933. The Labute approximate surface area is 115 Å². The van der Waals surface area contributed by atoms with Crippen LogP contribution in [0.15, 0.2) is 22.7 Å². The molecule has 1 aromatic rings. The maximum atomic E-state index is 13.1. The van der Waals surface area contributed by atoms with Gasteiger partial charge in [-0.05, 0) is 47.0 Å². The molecule has 0 saturated heterocycles. The van der Waals surface area contributed by atoms with E-state index in [-0.39, 0.29) is 17.8 Å². The number of rotatable bonds is 2. The zero-order valence-electron chi connectivity index (χ0n) is 10.2. The van der Waals surface area contributed by atoms with Crippen LogP contribution in [0.2, 0.25) is 0 Å². The predicted octanol–water partition coefficient (Wildman–Crippen LogP) is 4.04. The van der Waals surface area contributed by atoms with E-state index in [0.717, 1.165) is 12.8 Å². The molecule has 1 aliphatic carbocycles. The first-order valence-electron chi connectivity index (χ1n) is 6.43. The van der Waals surface area contributed by atoms with Gasteiger partial charge in [0.1, 0.15) is 5.82 Å². The summed E-state index contributed by atoms with van der Waals surface area (Å²) >= 11 is 3.10. The summed E-state index contributed by atoms with van der Waals surface area (Å²) in [5, 5.41) is 3.04. The van der Waals surface area contributed by atoms with E-state index in [2.05, 4.69) is 21.2 Å². The van der Waals surface area contributed by atoms with Crippen molar-refractivity contribution in [3.8, 4) is 0 Å². The molecule has 0 bridgehead atoms. The topological polar surface area (TPSA) is 29.1 Å². The van der Waals surface area contributed by atoms with E-state index in [0.29, 0.717) is 10.0 Å². The highest BCUT2D eigenvalue weighted by atomic mass is 79.9. The molecule has 1 aromatic carbocycles.